The second-order valence-electron chi connectivity index (χ2n) is 6.12. The molecule has 2 heterocycles. The number of nitrogens with one attached hydrogen (secondary N) is 2. The van der Waals surface area contributed by atoms with Crippen LogP contribution in [0.15, 0.2) is 6.20 Å². The van der Waals surface area contributed by atoms with E-state index in [2.05, 4.69) is 37.9 Å². The van der Waals surface area contributed by atoms with Crippen LogP contribution >= 0.6 is 22.6 Å². The van der Waals surface area contributed by atoms with E-state index in [9.17, 15) is 9.59 Å². The molecule has 0 radical (unpaired) electrons. The van der Waals surface area contributed by atoms with Gasteiger partial charge in [-0.25, -0.2) is 9.78 Å². The summed E-state index contributed by atoms with van der Waals surface area (Å²) in [6, 6.07) is -0.782. The molecule has 1 fully saturated rings. The Balaban J connectivity index is 2.26. The first kappa shape index (κ1) is 18.0. The number of nitrogens with zero attached hydrogens (tertiary/aromatic N) is 2. The van der Waals surface area contributed by atoms with Crippen LogP contribution in [0.2, 0.25) is 0 Å². The molecule has 0 spiro atoms. The van der Waals surface area contributed by atoms with Gasteiger partial charge in [-0.15, -0.1) is 0 Å². The van der Waals surface area contributed by atoms with Gasteiger partial charge >= 0.3 is 6.09 Å². The molecule has 0 saturated carbocycles. The van der Waals surface area contributed by atoms with Gasteiger partial charge in [0.05, 0.1) is 15.9 Å². The third-order valence-electron chi connectivity index (χ3n) is 4.56. The number of aromatic nitrogens is 2. The van der Waals surface area contributed by atoms with Gasteiger partial charge in [0.15, 0.2) is 0 Å². The molecule has 1 aromatic rings. The van der Waals surface area contributed by atoms with Crippen molar-refractivity contribution in [3.8, 4) is 0 Å². The van der Waals surface area contributed by atoms with E-state index in [1.165, 1.54) is 0 Å². The van der Waals surface area contributed by atoms with Crippen molar-refractivity contribution >= 4 is 34.6 Å². The fraction of sp³-hybridized carbons (Fsp3) is 0.667. The summed E-state index contributed by atoms with van der Waals surface area (Å²) in [4.78, 5) is 33.5. The normalized spacial score (nSPS) is 23.6. The van der Waals surface area contributed by atoms with Crippen molar-refractivity contribution in [3.63, 3.8) is 0 Å². The minimum absolute atomic E-state index is 0.0659. The molecule has 1 aliphatic heterocycles. The molecule has 0 aliphatic carbocycles. The van der Waals surface area contributed by atoms with Gasteiger partial charge in [-0.3, -0.25) is 4.79 Å². The molecule has 23 heavy (non-hydrogen) atoms. The van der Waals surface area contributed by atoms with Gasteiger partial charge in [0.2, 0.25) is 5.91 Å². The summed E-state index contributed by atoms with van der Waals surface area (Å²) in [6.45, 7) is 5.85. The van der Waals surface area contributed by atoms with E-state index in [4.69, 9.17) is 5.11 Å². The highest BCUT2D eigenvalue weighted by molar-refractivity contribution is 14.1. The van der Waals surface area contributed by atoms with E-state index in [0.717, 1.165) is 28.8 Å². The number of H-pyrrole nitrogens is 1. The summed E-state index contributed by atoms with van der Waals surface area (Å²) in [5.74, 6) is 0.539. The lowest BCUT2D eigenvalue weighted by Crippen LogP contribution is -2.52. The van der Waals surface area contributed by atoms with Gasteiger partial charge in [0.25, 0.3) is 0 Å². The summed E-state index contributed by atoms with van der Waals surface area (Å²) in [7, 11) is 0. The fourth-order valence-corrected chi connectivity index (χ4v) is 3.50. The second-order valence-corrected chi connectivity index (χ2v) is 7.28. The van der Waals surface area contributed by atoms with E-state index in [-0.39, 0.29) is 23.9 Å². The average molecular weight is 434 g/mol. The molecule has 2 unspecified atom stereocenters. The Morgan fingerprint density at radius 3 is 2.78 bits per heavy atom. The first-order valence-corrected chi connectivity index (χ1v) is 8.95. The molecule has 0 aromatic carbocycles. The number of aromatic amines is 1. The Kier molecular flexibility index (Phi) is 5.88. The molecular formula is C15H23IN4O3. The number of carbonyl (C=O) groups is 2. The molecule has 1 saturated heterocycles. The first-order valence-electron chi connectivity index (χ1n) is 7.87. The third kappa shape index (κ3) is 3.96. The zero-order valence-electron chi connectivity index (χ0n) is 13.5. The number of imidazole rings is 1. The Morgan fingerprint density at radius 2 is 2.26 bits per heavy atom. The standard InChI is InChI=1S/C15H23IN4O3/c1-4-8(2)12(19-15(22)23)14(21)20-9(3)5-6-10(20)13-17-7-11(16)18-13/h7-10,12,19H,4-6H2,1-3H3,(H,17,18)(H,22,23)/t8?,9-,10-,12?/m0/s1. The molecule has 2 amide bonds. The SMILES string of the molecule is CCC(C)C(NC(=O)O)C(=O)N1[C@@H](C)CC[C@H]1c1ncc(I)[nH]1. The van der Waals surface area contributed by atoms with Crippen LogP contribution in [0.3, 0.4) is 0 Å². The Hall–Kier alpha value is -1.32. The zero-order valence-corrected chi connectivity index (χ0v) is 15.7. The van der Waals surface area contributed by atoms with Gasteiger partial charge in [0.1, 0.15) is 11.9 Å². The molecule has 1 aliphatic rings. The Morgan fingerprint density at radius 1 is 1.57 bits per heavy atom. The van der Waals surface area contributed by atoms with Gasteiger partial charge < -0.3 is 20.3 Å². The van der Waals surface area contributed by atoms with Gasteiger partial charge in [-0.1, -0.05) is 20.3 Å². The molecule has 128 valence electrons. The number of rotatable bonds is 5. The van der Waals surface area contributed by atoms with Crippen LogP contribution in [0.4, 0.5) is 4.79 Å². The van der Waals surface area contributed by atoms with E-state index in [1.807, 2.05) is 20.8 Å². The minimum atomic E-state index is -1.17. The van der Waals surface area contributed by atoms with Gasteiger partial charge in [-0.2, -0.15) is 0 Å². The van der Waals surface area contributed by atoms with Crippen LogP contribution in [-0.4, -0.2) is 44.1 Å². The quantitative estimate of drug-likeness (QED) is 0.621. The van der Waals surface area contributed by atoms with Crippen molar-refractivity contribution < 1.29 is 14.7 Å². The number of carboxylic acid groups (broad SMARTS) is 1. The zero-order chi connectivity index (χ0) is 17.1. The molecule has 3 N–H and O–H groups in total. The molecule has 7 nitrogen and oxygen atoms in total. The fourth-order valence-electron chi connectivity index (χ4n) is 3.08. The Bertz CT molecular complexity index is 577. The van der Waals surface area contributed by atoms with Crippen LogP contribution in [0.1, 0.15) is 51.9 Å². The number of hydrogen-bond acceptors (Lipinski definition) is 3. The van der Waals surface area contributed by atoms with Crippen LogP contribution in [0.25, 0.3) is 0 Å². The van der Waals surface area contributed by atoms with Crippen LogP contribution in [0, 0.1) is 9.62 Å². The largest absolute Gasteiger partial charge is 0.465 e. The topological polar surface area (TPSA) is 98.3 Å². The number of likely N-dealkylation sites (tertiary alicyclic amines) is 1. The van der Waals surface area contributed by atoms with Crippen molar-refractivity contribution in [2.24, 2.45) is 5.92 Å². The average Bonchev–Trinajstić information content (AvgIpc) is 3.09. The lowest BCUT2D eigenvalue weighted by Gasteiger charge is -2.33. The lowest BCUT2D eigenvalue weighted by atomic mass is 9.97. The van der Waals surface area contributed by atoms with Gasteiger partial charge in [0, 0.05) is 6.04 Å². The highest BCUT2D eigenvalue weighted by atomic mass is 127. The van der Waals surface area contributed by atoms with Crippen molar-refractivity contribution in [1.29, 1.82) is 0 Å². The van der Waals surface area contributed by atoms with Crippen LogP contribution < -0.4 is 5.32 Å². The van der Waals surface area contributed by atoms with E-state index < -0.39 is 12.1 Å². The van der Waals surface area contributed by atoms with Gasteiger partial charge in [-0.05, 0) is 48.3 Å². The van der Waals surface area contributed by atoms with Crippen LogP contribution in [-0.2, 0) is 4.79 Å². The lowest BCUT2D eigenvalue weighted by molar-refractivity contribution is -0.137. The highest BCUT2D eigenvalue weighted by Gasteiger charge is 2.41. The monoisotopic (exact) mass is 434 g/mol. The number of hydrogen-bond donors (Lipinski definition) is 3. The maximum Gasteiger partial charge on any atom is 0.405 e. The summed E-state index contributed by atoms with van der Waals surface area (Å²) in [5.41, 5.74) is 0. The Labute approximate surface area is 149 Å². The number of amides is 2. The predicted molar refractivity (Wildman–Crippen MR) is 94.0 cm³/mol. The van der Waals surface area contributed by atoms with Crippen molar-refractivity contribution in [2.75, 3.05) is 0 Å². The summed E-state index contributed by atoms with van der Waals surface area (Å²) in [6.07, 6.45) is 3.01. The molecule has 4 atom stereocenters. The highest BCUT2D eigenvalue weighted by Crippen LogP contribution is 2.35. The van der Waals surface area contributed by atoms with E-state index >= 15 is 0 Å². The molecule has 2 rings (SSSR count). The van der Waals surface area contributed by atoms with Crippen molar-refractivity contribution in [2.45, 2.75) is 58.2 Å². The smallest absolute Gasteiger partial charge is 0.405 e. The predicted octanol–water partition coefficient (Wildman–Crippen LogP) is 2.75. The van der Waals surface area contributed by atoms with E-state index in [0.29, 0.717) is 0 Å². The molecule has 0 bridgehead atoms. The molecular weight excluding hydrogens is 411 g/mol. The number of halogens is 1. The molecule has 1 aromatic heterocycles. The maximum atomic E-state index is 13.0. The summed E-state index contributed by atoms with van der Waals surface area (Å²) >= 11 is 2.15. The maximum absolute atomic E-state index is 13.0. The first-order chi connectivity index (χ1) is 10.8. The second kappa shape index (κ2) is 7.50. The van der Waals surface area contributed by atoms with Crippen molar-refractivity contribution in [1.82, 2.24) is 20.2 Å². The van der Waals surface area contributed by atoms with E-state index in [1.54, 1.807) is 11.1 Å². The number of carbonyl (C=O) groups excluding carboxylic acids is 1. The minimum Gasteiger partial charge on any atom is -0.465 e. The summed E-state index contributed by atoms with van der Waals surface area (Å²) < 4.78 is 0.923. The van der Waals surface area contributed by atoms with Crippen LogP contribution in [0.5, 0.6) is 0 Å². The molecule has 8 heteroatoms. The summed E-state index contributed by atoms with van der Waals surface area (Å²) in [5, 5.41) is 11.5. The van der Waals surface area contributed by atoms with Crippen molar-refractivity contribution in [3.05, 3.63) is 15.7 Å². The third-order valence-corrected chi connectivity index (χ3v) is 5.11.